The maximum atomic E-state index is 12.2. The first-order valence-electron chi connectivity index (χ1n) is 5.31. The number of carbonyl (C=O) groups excluding carboxylic acids is 1. The van der Waals surface area contributed by atoms with E-state index in [0.717, 1.165) is 0 Å². The Morgan fingerprint density at radius 3 is 2.44 bits per heavy atom. The normalized spacial score (nSPS) is 9.89. The molecule has 0 fully saturated rings. The van der Waals surface area contributed by atoms with Crippen LogP contribution in [0.25, 0.3) is 0 Å². The summed E-state index contributed by atoms with van der Waals surface area (Å²) < 4.78 is 9.99. The highest BCUT2D eigenvalue weighted by atomic mass is 16.5. The van der Waals surface area contributed by atoms with Gasteiger partial charge in [-0.15, -0.1) is 0 Å². The first kappa shape index (κ1) is 12.0. The molecule has 2 rings (SSSR count). The molecule has 0 aliphatic heterocycles. The van der Waals surface area contributed by atoms with Crippen LogP contribution in [0.5, 0.6) is 11.8 Å². The zero-order chi connectivity index (χ0) is 13.0. The minimum Gasteiger partial charge on any atom is -0.480 e. The number of hydrogen-bond acceptors (Lipinski definition) is 5. The molecule has 0 bridgehead atoms. The lowest BCUT2D eigenvalue weighted by molar-refractivity contribution is 0.103. The Balaban J connectivity index is 2.42. The maximum Gasteiger partial charge on any atom is 0.247 e. The van der Waals surface area contributed by atoms with Crippen LogP contribution in [-0.4, -0.2) is 30.0 Å². The number of aromatic nitrogens is 2. The molecule has 0 N–H and O–H groups in total. The topological polar surface area (TPSA) is 61.3 Å². The summed E-state index contributed by atoms with van der Waals surface area (Å²) in [6, 6.07) is 8.85. The molecule has 0 aliphatic carbocycles. The quantitative estimate of drug-likeness (QED) is 0.766. The molecule has 1 aromatic heterocycles. The molecule has 2 aromatic rings. The molecule has 92 valence electrons. The van der Waals surface area contributed by atoms with E-state index in [0.29, 0.717) is 11.4 Å². The van der Waals surface area contributed by atoms with Gasteiger partial charge in [-0.3, -0.25) is 4.79 Å². The molecular weight excluding hydrogens is 232 g/mol. The predicted octanol–water partition coefficient (Wildman–Crippen LogP) is 1.72. The van der Waals surface area contributed by atoms with Crippen LogP contribution in [0.3, 0.4) is 0 Å². The van der Waals surface area contributed by atoms with E-state index >= 15 is 0 Å². The Morgan fingerprint density at radius 2 is 1.83 bits per heavy atom. The molecule has 0 saturated heterocycles. The highest BCUT2D eigenvalue weighted by Gasteiger charge is 2.18. The van der Waals surface area contributed by atoms with Crippen molar-refractivity contribution in [2.45, 2.75) is 0 Å². The van der Waals surface area contributed by atoms with Crippen molar-refractivity contribution >= 4 is 5.78 Å². The summed E-state index contributed by atoms with van der Waals surface area (Å²) in [5, 5.41) is 0. The van der Waals surface area contributed by atoms with Gasteiger partial charge < -0.3 is 9.47 Å². The summed E-state index contributed by atoms with van der Waals surface area (Å²) in [6.07, 6.45) is 1.39. The molecule has 0 amide bonds. The van der Waals surface area contributed by atoms with E-state index in [-0.39, 0.29) is 17.4 Å². The minimum atomic E-state index is -0.234. The van der Waals surface area contributed by atoms with Gasteiger partial charge in [0.25, 0.3) is 0 Å². The molecule has 0 atom stereocenters. The number of rotatable bonds is 4. The van der Waals surface area contributed by atoms with E-state index in [9.17, 15) is 4.79 Å². The Labute approximate surface area is 104 Å². The van der Waals surface area contributed by atoms with Gasteiger partial charge >= 0.3 is 0 Å². The molecule has 18 heavy (non-hydrogen) atoms. The Kier molecular flexibility index (Phi) is 3.52. The average Bonchev–Trinajstić information content (AvgIpc) is 2.46. The van der Waals surface area contributed by atoms with Crippen molar-refractivity contribution in [3.8, 4) is 11.8 Å². The van der Waals surface area contributed by atoms with Crippen LogP contribution < -0.4 is 9.47 Å². The largest absolute Gasteiger partial charge is 0.480 e. The second-order valence-corrected chi connectivity index (χ2v) is 3.47. The average molecular weight is 244 g/mol. The van der Waals surface area contributed by atoms with Crippen molar-refractivity contribution in [3.63, 3.8) is 0 Å². The predicted molar refractivity (Wildman–Crippen MR) is 65.0 cm³/mol. The second kappa shape index (κ2) is 5.27. The van der Waals surface area contributed by atoms with Crippen LogP contribution in [0.1, 0.15) is 16.1 Å². The zero-order valence-electron chi connectivity index (χ0n) is 10.1. The second-order valence-electron chi connectivity index (χ2n) is 3.47. The molecule has 0 spiro atoms. The SMILES string of the molecule is COc1cnc(C(=O)c2ccccc2)c(OC)n1. The number of benzene rings is 1. The van der Waals surface area contributed by atoms with Gasteiger partial charge in [0.1, 0.15) is 0 Å². The Morgan fingerprint density at radius 1 is 1.11 bits per heavy atom. The standard InChI is InChI=1S/C13H12N2O3/c1-17-10-8-14-11(13(15-10)18-2)12(16)9-6-4-3-5-7-9/h3-8H,1-2H3. The van der Waals surface area contributed by atoms with Crippen molar-refractivity contribution in [2.24, 2.45) is 0 Å². The van der Waals surface area contributed by atoms with Crippen LogP contribution >= 0.6 is 0 Å². The van der Waals surface area contributed by atoms with E-state index in [2.05, 4.69) is 9.97 Å². The lowest BCUT2D eigenvalue weighted by Crippen LogP contribution is -2.08. The third-order valence-electron chi connectivity index (χ3n) is 2.37. The minimum absolute atomic E-state index is 0.156. The van der Waals surface area contributed by atoms with E-state index in [4.69, 9.17) is 9.47 Å². The van der Waals surface area contributed by atoms with E-state index < -0.39 is 0 Å². The van der Waals surface area contributed by atoms with E-state index in [1.807, 2.05) is 6.07 Å². The lowest BCUT2D eigenvalue weighted by Gasteiger charge is -2.07. The van der Waals surface area contributed by atoms with Gasteiger partial charge in [0.2, 0.25) is 17.5 Å². The van der Waals surface area contributed by atoms with Crippen molar-refractivity contribution in [1.82, 2.24) is 9.97 Å². The molecule has 1 aromatic carbocycles. The summed E-state index contributed by atoms with van der Waals surface area (Å²) in [5.74, 6) is 0.224. The highest BCUT2D eigenvalue weighted by Crippen LogP contribution is 2.19. The van der Waals surface area contributed by atoms with Crippen LogP contribution in [0.4, 0.5) is 0 Å². The number of ketones is 1. The molecule has 5 heteroatoms. The van der Waals surface area contributed by atoms with Gasteiger partial charge in [-0.05, 0) is 0 Å². The van der Waals surface area contributed by atoms with Gasteiger partial charge in [0.15, 0.2) is 5.69 Å². The number of nitrogens with zero attached hydrogens (tertiary/aromatic N) is 2. The van der Waals surface area contributed by atoms with E-state index in [1.54, 1.807) is 24.3 Å². The zero-order valence-corrected chi connectivity index (χ0v) is 10.1. The Hall–Kier alpha value is -2.43. The smallest absolute Gasteiger partial charge is 0.247 e. The van der Waals surface area contributed by atoms with Crippen molar-refractivity contribution in [2.75, 3.05) is 14.2 Å². The van der Waals surface area contributed by atoms with Crippen molar-refractivity contribution in [3.05, 3.63) is 47.8 Å². The third kappa shape index (κ3) is 2.29. The lowest BCUT2D eigenvalue weighted by atomic mass is 10.1. The molecular formula is C13H12N2O3. The summed E-state index contributed by atoms with van der Waals surface area (Å²) in [5.41, 5.74) is 0.708. The van der Waals surface area contributed by atoms with Crippen molar-refractivity contribution in [1.29, 1.82) is 0 Å². The van der Waals surface area contributed by atoms with Gasteiger partial charge in [-0.25, -0.2) is 4.98 Å². The summed E-state index contributed by atoms with van der Waals surface area (Å²) in [4.78, 5) is 20.3. The van der Waals surface area contributed by atoms with Gasteiger partial charge in [-0.1, -0.05) is 30.3 Å². The van der Waals surface area contributed by atoms with Gasteiger partial charge in [0.05, 0.1) is 20.4 Å². The first-order valence-corrected chi connectivity index (χ1v) is 5.31. The molecule has 0 aliphatic rings. The summed E-state index contributed by atoms with van der Waals surface area (Å²) in [7, 11) is 2.91. The molecule has 0 radical (unpaired) electrons. The number of ether oxygens (including phenoxy) is 2. The van der Waals surface area contributed by atoms with Gasteiger partial charge in [-0.2, -0.15) is 4.98 Å². The first-order chi connectivity index (χ1) is 8.76. The van der Waals surface area contributed by atoms with Crippen LogP contribution in [0.15, 0.2) is 36.5 Å². The van der Waals surface area contributed by atoms with Crippen LogP contribution in [-0.2, 0) is 0 Å². The molecule has 0 unspecified atom stereocenters. The van der Waals surface area contributed by atoms with Crippen LogP contribution in [0.2, 0.25) is 0 Å². The number of methoxy groups -OCH3 is 2. The fourth-order valence-electron chi connectivity index (χ4n) is 1.48. The molecule has 1 heterocycles. The van der Waals surface area contributed by atoms with Gasteiger partial charge in [0, 0.05) is 5.56 Å². The summed E-state index contributed by atoms with van der Waals surface area (Å²) >= 11 is 0. The van der Waals surface area contributed by atoms with E-state index in [1.165, 1.54) is 20.4 Å². The molecule has 0 saturated carbocycles. The van der Waals surface area contributed by atoms with Crippen LogP contribution in [0, 0.1) is 0 Å². The third-order valence-corrected chi connectivity index (χ3v) is 2.37. The fourth-order valence-corrected chi connectivity index (χ4v) is 1.48. The number of hydrogen-bond donors (Lipinski definition) is 0. The number of carbonyl (C=O) groups is 1. The maximum absolute atomic E-state index is 12.2. The molecule has 5 nitrogen and oxygen atoms in total. The highest BCUT2D eigenvalue weighted by molar-refractivity contribution is 6.09. The van der Waals surface area contributed by atoms with Crippen molar-refractivity contribution < 1.29 is 14.3 Å². The fraction of sp³-hybridized carbons (Fsp3) is 0.154. The Bertz CT molecular complexity index is 555. The summed E-state index contributed by atoms with van der Waals surface area (Å²) in [6.45, 7) is 0. The monoisotopic (exact) mass is 244 g/mol.